The lowest BCUT2D eigenvalue weighted by molar-refractivity contribution is -0.116. The minimum Gasteiger partial charge on any atom is -0.465 e. The maximum atomic E-state index is 13.8. The van der Waals surface area contributed by atoms with Gasteiger partial charge in [0, 0.05) is 31.8 Å². The Morgan fingerprint density at radius 2 is 1.37 bits per heavy atom. The van der Waals surface area contributed by atoms with Gasteiger partial charge in [0.05, 0.1) is 18.4 Å². The Bertz CT molecular complexity index is 2000. The molecule has 0 saturated carbocycles. The summed E-state index contributed by atoms with van der Waals surface area (Å²) in [5.74, 6) is -2.07. The number of methoxy groups -OCH3 is 1. The van der Waals surface area contributed by atoms with Crippen LogP contribution in [0.4, 0.5) is 11.4 Å². The number of hydrogen-bond acceptors (Lipinski definition) is 6. The summed E-state index contributed by atoms with van der Waals surface area (Å²) >= 11 is 14.0. The first kappa shape index (κ1) is 35.0. The molecular weight excluding hydrogens is 681 g/mol. The summed E-state index contributed by atoms with van der Waals surface area (Å²) < 4.78 is 4.88. The van der Waals surface area contributed by atoms with Crippen LogP contribution in [-0.4, -0.2) is 30.8 Å². The van der Waals surface area contributed by atoms with Crippen LogP contribution in [0.3, 0.4) is 0 Å². The van der Waals surface area contributed by atoms with E-state index in [1.54, 1.807) is 91.0 Å². The van der Waals surface area contributed by atoms with Gasteiger partial charge in [-0.3, -0.25) is 14.4 Å². The highest BCUT2D eigenvalue weighted by Gasteiger charge is 2.24. The molecule has 49 heavy (non-hydrogen) atoms. The molecule has 0 radical (unpaired) electrons. The molecule has 3 N–H and O–H groups in total. The number of ether oxygens (including phenoxy) is 1. The lowest BCUT2D eigenvalue weighted by atomic mass is 10.1. The Morgan fingerprint density at radius 3 is 2.06 bits per heavy atom. The van der Waals surface area contributed by atoms with Crippen LogP contribution in [0.2, 0.25) is 10.0 Å². The van der Waals surface area contributed by atoms with E-state index in [0.717, 1.165) is 5.56 Å². The van der Waals surface area contributed by atoms with Crippen molar-refractivity contribution in [1.29, 1.82) is 0 Å². The zero-order chi connectivity index (χ0) is 34.8. The molecule has 0 aliphatic carbocycles. The van der Waals surface area contributed by atoms with E-state index < -0.39 is 23.0 Å². The first-order valence-electron chi connectivity index (χ1n) is 14.9. The molecule has 0 aliphatic heterocycles. The summed E-state index contributed by atoms with van der Waals surface area (Å²) in [6, 6.07) is 36.1. The Hall–Kier alpha value is -5.35. The fourth-order valence-electron chi connectivity index (χ4n) is 4.70. The van der Waals surface area contributed by atoms with Gasteiger partial charge in [0.15, 0.2) is 0 Å². The van der Waals surface area contributed by atoms with Crippen molar-refractivity contribution < 1.29 is 23.9 Å². The normalized spacial score (nSPS) is 11.6. The van der Waals surface area contributed by atoms with E-state index in [9.17, 15) is 19.2 Å². The smallest absolute Gasteiger partial charge is 0.339 e. The molecule has 0 bridgehead atoms. The van der Waals surface area contributed by atoms with Gasteiger partial charge in [-0.1, -0.05) is 96.0 Å². The molecule has 8 nitrogen and oxygen atoms in total. The summed E-state index contributed by atoms with van der Waals surface area (Å²) in [6.07, 6.45) is 1.42. The second kappa shape index (κ2) is 16.7. The number of esters is 1. The first-order valence-corrected chi connectivity index (χ1v) is 16.5. The van der Waals surface area contributed by atoms with E-state index in [1.807, 2.05) is 36.4 Å². The summed E-state index contributed by atoms with van der Waals surface area (Å²) in [5, 5.41) is 8.24. The summed E-state index contributed by atoms with van der Waals surface area (Å²) in [6.45, 7) is 0. The van der Waals surface area contributed by atoms with Crippen molar-refractivity contribution in [2.75, 3.05) is 17.7 Å². The highest BCUT2D eigenvalue weighted by atomic mass is 35.5. The second-order valence-corrected chi connectivity index (χ2v) is 12.4. The molecule has 0 aromatic heterocycles. The second-order valence-electron chi connectivity index (χ2n) is 10.4. The van der Waals surface area contributed by atoms with Gasteiger partial charge >= 0.3 is 5.97 Å². The molecule has 1 unspecified atom stereocenters. The SMILES string of the molecule is COC(=O)c1ccccc1NC(=O)C(Sc1cccc(NC(=O)/C(=C\c2c(Cl)cccc2Cl)NC(=O)c2ccccc2)c1)c1ccccc1. The third-order valence-corrected chi connectivity index (χ3v) is 9.00. The molecule has 5 aromatic rings. The molecule has 5 rings (SSSR count). The van der Waals surface area contributed by atoms with Gasteiger partial charge in [0.1, 0.15) is 10.9 Å². The van der Waals surface area contributed by atoms with Gasteiger partial charge in [0.2, 0.25) is 5.91 Å². The van der Waals surface area contributed by atoms with E-state index >= 15 is 0 Å². The molecule has 1 atom stereocenters. The molecule has 5 aromatic carbocycles. The van der Waals surface area contributed by atoms with Crippen LogP contribution >= 0.6 is 35.0 Å². The van der Waals surface area contributed by atoms with Crippen LogP contribution in [0.25, 0.3) is 6.08 Å². The summed E-state index contributed by atoms with van der Waals surface area (Å²) in [5.41, 5.74) is 2.29. The number of anilines is 2. The van der Waals surface area contributed by atoms with Crippen LogP contribution in [-0.2, 0) is 14.3 Å². The Morgan fingerprint density at radius 1 is 0.735 bits per heavy atom. The maximum absolute atomic E-state index is 13.8. The number of amides is 3. The van der Waals surface area contributed by atoms with Gasteiger partial charge in [-0.15, -0.1) is 11.8 Å². The minimum atomic E-state index is -0.735. The molecule has 11 heteroatoms. The van der Waals surface area contributed by atoms with E-state index in [0.29, 0.717) is 37.4 Å². The molecule has 0 aliphatic rings. The van der Waals surface area contributed by atoms with Crippen LogP contribution < -0.4 is 16.0 Å². The third-order valence-electron chi connectivity index (χ3n) is 7.09. The predicted molar refractivity (Wildman–Crippen MR) is 195 cm³/mol. The highest BCUT2D eigenvalue weighted by Crippen LogP contribution is 2.37. The number of rotatable bonds is 11. The highest BCUT2D eigenvalue weighted by molar-refractivity contribution is 8.00. The predicted octanol–water partition coefficient (Wildman–Crippen LogP) is 8.66. The van der Waals surface area contributed by atoms with E-state index in [-0.39, 0.29) is 17.2 Å². The Kier molecular flexibility index (Phi) is 11.9. The fraction of sp³-hybridized carbons (Fsp3) is 0.0526. The van der Waals surface area contributed by atoms with Gasteiger partial charge < -0.3 is 20.7 Å². The van der Waals surface area contributed by atoms with Crippen LogP contribution in [0.1, 0.15) is 37.1 Å². The quantitative estimate of drug-likeness (QED) is 0.0719. The number of halogens is 2. The summed E-state index contributed by atoms with van der Waals surface area (Å²) in [7, 11) is 1.28. The van der Waals surface area contributed by atoms with Crippen LogP contribution in [0, 0.1) is 0 Å². The molecule has 246 valence electrons. The first-order chi connectivity index (χ1) is 23.7. The van der Waals surface area contributed by atoms with Crippen LogP contribution in [0.5, 0.6) is 0 Å². The van der Waals surface area contributed by atoms with E-state index in [4.69, 9.17) is 27.9 Å². The lowest BCUT2D eigenvalue weighted by Crippen LogP contribution is -2.30. The number of para-hydroxylation sites is 1. The molecule has 0 heterocycles. The van der Waals surface area contributed by atoms with Crippen molar-refractivity contribution in [1.82, 2.24) is 5.32 Å². The minimum absolute atomic E-state index is 0.0901. The largest absolute Gasteiger partial charge is 0.465 e. The van der Waals surface area contributed by atoms with Crippen molar-refractivity contribution in [2.24, 2.45) is 0 Å². The van der Waals surface area contributed by atoms with Crippen molar-refractivity contribution in [3.05, 3.63) is 165 Å². The number of nitrogens with one attached hydrogen (secondary N) is 3. The van der Waals surface area contributed by atoms with Gasteiger partial charge in [-0.2, -0.15) is 0 Å². The topological polar surface area (TPSA) is 114 Å². The number of hydrogen-bond donors (Lipinski definition) is 3. The standard InChI is InChI=1S/C38H29Cl2N3O5S/c1-48-38(47)28-18-8-9-21-32(28)42-37(46)34(24-12-4-2-5-13-24)49-27-17-10-16-26(22-27)41-36(45)33(23-29-30(39)19-11-20-31(29)40)43-35(44)25-14-6-3-7-15-25/h2-23,34H,1H3,(H,41,45)(H,42,46)(H,43,44)/b33-23+. The average molecular weight is 711 g/mol. The van der Waals surface area contributed by atoms with Gasteiger partial charge in [-0.25, -0.2) is 4.79 Å². The van der Waals surface area contributed by atoms with Gasteiger partial charge in [-0.05, 0) is 66.2 Å². The zero-order valence-electron chi connectivity index (χ0n) is 26.0. The van der Waals surface area contributed by atoms with Gasteiger partial charge in [0.25, 0.3) is 11.8 Å². The van der Waals surface area contributed by atoms with Crippen molar-refractivity contribution in [3.63, 3.8) is 0 Å². The summed E-state index contributed by atoms with van der Waals surface area (Å²) in [4.78, 5) is 53.5. The van der Waals surface area contributed by atoms with E-state index in [1.165, 1.54) is 24.9 Å². The average Bonchev–Trinajstić information content (AvgIpc) is 3.12. The lowest BCUT2D eigenvalue weighted by Gasteiger charge is -2.19. The van der Waals surface area contributed by atoms with Crippen molar-refractivity contribution >= 4 is 76.1 Å². The zero-order valence-corrected chi connectivity index (χ0v) is 28.3. The number of carbonyl (C=O) groups excluding carboxylic acids is 4. The number of thioether (sulfide) groups is 1. The molecule has 0 spiro atoms. The third kappa shape index (κ3) is 9.17. The Labute approximate surface area is 297 Å². The number of benzene rings is 5. The molecule has 0 fully saturated rings. The maximum Gasteiger partial charge on any atom is 0.339 e. The number of carbonyl (C=O) groups is 4. The van der Waals surface area contributed by atoms with E-state index in [2.05, 4.69) is 16.0 Å². The van der Waals surface area contributed by atoms with Crippen molar-refractivity contribution in [3.8, 4) is 0 Å². The molecule has 0 saturated heterocycles. The Balaban J connectivity index is 1.41. The fourth-order valence-corrected chi connectivity index (χ4v) is 6.29. The molecule has 3 amide bonds. The van der Waals surface area contributed by atoms with Crippen LogP contribution in [0.15, 0.2) is 138 Å². The monoisotopic (exact) mass is 709 g/mol. The van der Waals surface area contributed by atoms with Crippen molar-refractivity contribution in [2.45, 2.75) is 10.1 Å². The molecular formula is C38H29Cl2N3O5S.